The van der Waals surface area contributed by atoms with E-state index in [9.17, 15) is 9.90 Å². The minimum Gasteiger partial charge on any atom is -0.489 e. The number of carboxylic acid groups (broad SMARTS) is 1. The van der Waals surface area contributed by atoms with Crippen molar-refractivity contribution >= 4 is 23.0 Å². The van der Waals surface area contributed by atoms with E-state index < -0.39 is 5.97 Å². The van der Waals surface area contributed by atoms with Crippen molar-refractivity contribution in [3.05, 3.63) is 39.8 Å². The second kappa shape index (κ2) is 10.4. The zero-order valence-electron chi connectivity index (χ0n) is 19.6. The third-order valence-electron chi connectivity index (χ3n) is 5.09. The molecule has 2 aromatic rings. The molecule has 1 aliphatic carbocycles. The van der Waals surface area contributed by atoms with E-state index in [0.717, 1.165) is 48.4 Å². The molecular formula is C25H33N3O3S. The van der Waals surface area contributed by atoms with Gasteiger partial charge in [0.2, 0.25) is 0 Å². The molecule has 0 radical (unpaired) electrons. The summed E-state index contributed by atoms with van der Waals surface area (Å²) in [6, 6.07) is 4.16. The Balaban J connectivity index is 1.58. The topological polar surface area (TPSA) is 74.7 Å². The summed E-state index contributed by atoms with van der Waals surface area (Å²) in [5.74, 6) is 6.20. The number of aromatic carboxylic acids is 1. The Labute approximate surface area is 195 Å². The SMILES string of the molecule is CN(C)Cc1cncc(OC2CCC(Nc3cc(C#CC(C)(C)C)sc3C(=O)O)CC2)c1. The molecule has 32 heavy (non-hydrogen) atoms. The molecule has 7 heteroatoms. The smallest absolute Gasteiger partial charge is 0.348 e. The summed E-state index contributed by atoms with van der Waals surface area (Å²) >= 11 is 1.23. The highest BCUT2D eigenvalue weighted by Gasteiger charge is 2.25. The van der Waals surface area contributed by atoms with Crippen molar-refractivity contribution in [2.24, 2.45) is 5.41 Å². The molecule has 1 aliphatic rings. The molecule has 172 valence electrons. The minimum atomic E-state index is -0.913. The third kappa shape index (κ3) is 7.25. The first-order valence-electron chi connectivity index (χ1n) is 11.0. The fourth-order valence-corrected chi connectivity index (χ4v) is 4.50. The number of carboxylic acids is 1. The van der Waals surface area contributed by atoms with Crippen LogP contribution in [0.1, 0.15) is 66.6 Å². The number of carbonyl (C=O) groups is 1. The van der Waals surface area contributed by atoms with E-state index in [1.54, 1.807) is 6.20 Å². The number of nitrogens with one attached hydrogen (secondary N) is 1. The summed E-state index contributed by atoms with van der Waals surface area (Å²) in [5.41, 5.74) is 1.68. The molecule has 0 aromatic carbocycles. The summed E-state index contributed by atoms with van der Waals surface area (Å²) in [5, 5.41) is 13.1. The van der Waals surface area contributed by atoms with Gasteiger partial charge in [0.05, 0.1) is 22.9 Å². The Morgan fingerprint density at radius 2 is 1.97 bits per heavy atom. The molecule has 0 saturated heterocycles. The molecule has 1 fully saturated rings. The standard InChI is InChI=1S/C25H33N3O3S/c1-25(2,3)11-10-21-13-22(23(32-21)24(29)30)27-18-6-8-19(9-7-18)31-20-12-17(14-26-15-20)16-28(4)5/h12-15,18-19,27H,6-9,16H2,1-5H3,(H,29,30). The van der Waals surface area contributed by atoms with Crippen molar-refractivity contribution in [1.29, 1.82) is 0 Å². The van der Waals surface area contributed by atoms with Gasteiger partial charge >= 0.3 is 5.97 Å². The van der Waals surface area contributed by atoms with Crippen LogP contribution in [0.3, 0.4) is 0 Å². The lowest BCUT2D eigenvalue weighted by atomic mass is 9.92. The van der Waals surface area contributed by atoms with Crippen LogP contribution >= 0.6 is 11.3 Å². The molecule has 3 rings (SSSR count). The van der Waals surface area contributed by atoms with Crippen LogP contribution in [0.15, 0.2) is 24.5 Å². The second-order valence-electron chi connectivity index (χ2n) is 9.66. The first-order valence-corrected chi connectivity index (χ1v) is 11.8. The van der Waals surface area contributed by atoms with Crippen molar-refractivity contribution in [1.82, 2.24) is 9.88 Å². The number of aromatic nitrogens is 1. The van der Waals surface area contributed by atoms with Gasteiger partial charge in [-0.1, -0.05) is 11.8 Å². The molecule has 2 heterocycles. The van der Waals surface area contributed by atoms with Gasteiger partial charge in [0, 0.05) is 24.2 Å². The number of nitrogens with zero attached hydrogens (tertiary/aromatic N) is 2. The Morgan fingerprint density at radius 1 is 1.25 bits per heavy atom. The number of pyridine rings is 1. The Bertz CT molecular complexity index is 990. The highest BCUT2D eigenvalue weighted by molar-refractivity contribution is 7.15. The largest absolute Gasteiger partial charge is 0.489 e. The van der Waals surface area contributed by atoms with E-state index in [4.69, 9.17) is 4.74 Å². The maximum Gasteiger partial charge on any atom is 0.348 e. The van der Waals surface area contributed by atoms with Gasteiger partial charge in [0.1, 0.15) is 10.6 Å². The monoisotopic (exact) mass is 455 g/mol. The molecule has 0 bridgehead atoms. The van der Waals surface area contributed by atoms with Gasteiger partial charge in [-0.3, -0.25) is 4.98 Å². The average molecular weight is 456 g/mol. The molecule has 0 spiro atoms. The van der Waals surface area contributed by atoms with E-state index in [-0.39, 0.29) is 17.6 Å². The lowest BCUT2D eigenvalue weighted by Crippen LogP contribution is -2.31. The van der Waals surface area contributed by atoms with Gasteiger partial charge in [-0.2, -0.15) is 0 Å². The fraction of sp³-hybridized carbons (Fsp3) is 0.520. The lowest BCUT2D eigenvalue weighted by molar-refractivity contribution is 0.0703. The number of ether oxygens (including phenoxy) is 1. The number of anilines is 1. The van der Waals surface area contributed by atoms with Crippen molar-refractivity contribution in [2.45, 2.75) is 65.1 Å². The third-order valence-corrected chi connectivity index (χ3v) is 6.13. The molecule has 0 unspecified atom stereocenters. The zero-order chi connectivity index (χ0) is 23.3. The van der Waals surface area contributed by atoms with Crippen LogP contribution < -0.4 is 10.1 Å². The highest BCUT2D eigenvalue weighted by atomic mass is 32.1. The van der Waals surface area contributed by atoms with Crippen LogP contribution in [-0.4, -0.2) is 47.2 Å². The van der Waals surface area contributed by atoms with Gasteiger partial charge in [-0.15, -0.1) is 11.3 Å². The highest BCUT2D eigenvalue weighted by Crippen LogP contribution is 2.31. The Hall–Kier alpha value is -2.56. The number of hydrogen-bond acceptors (Lipinski definition) is 6. The molecule has 2 N–H and O–H groups in total. The van der Waals surface area contributed by atoms with E-state index in [2.05, 4.69) is 33.1 Å². The summed E-state index contributed by atoms with van der Waals surface area (Å²) in [4.78, 5) is 19.2. The van der Waals surface area contributed by atoms with Crippen LogP contribution in [0.5, 0.6) is 5.75 Å². The van der Waals surface area contributed by atoms with Gasteiger partial charge in [-0.25, -0.2) is 4.79 Å². The van der Waals surface area contributed by atoms with E-state index in [1.165, 1.54) is 11.3 Å². The predicted molar refractivity (Wildman–Crippen MR) is 130 cm³/mol. The molecular weight excluding hydrogens is 422 g/mol. The Kier molecular flexibility index (Phi) is 7.81. The van der Waals surface area contributed by atoms with Crippen LogP contribution in [0.25, 0.3) is 0 Å². The molecule has 0 atom stereocenters. The van der Waals surface area contributed by atoms with E-state index >= 15 is 0 Å². The first-order chi connectivity index (χ1) is 15.1. The maximum atomic E-state index is 11.7. The number of hydrogen-bond donors (Lipinski definition) is 2. The van der Waals surface area contributed by atoms with Gasteiger partial charge in [-0.05, 0) is 78.2 Å². The van der Waals surface area contributed by atoms with Crippen molar-refractivity contribution in [2.75, 3.05) is 19.4 Å². The number of thiophene rings is 1. The number of rotatable bonds is 7. The summed E-state index contributed by atoms with van der Waals surface area (Å²) in [6.07, 6.45) is 7.47. The summed E-state index contributed by atoms with van der Waals surface area (Å²) in [7, 11) is 4.07. The summed E-state index contributed by atoms with van der Waals surface area (Å²) in [6.45, 7) is 6.95. The molecule has 6 nitrogen and oxygen atoms in total. The van der Waals surface area contributed by atoms with Gasteiger partial charge < -0.3 is 20.1 Å². The lowest BCUT2D eigenvalue weighted by Gasteiger charge is -2.30. The van der Waals surface area contributed by atoms with Gasteiger partial charge in [0.15, 0.2) is 0 Å². The van der Waals surface area contributed by atoms with Crippen molar-refractivity contribution < 1.29 is 14.6 Å². The predicted octanol–water partition coefficient (Wildman–Crippen LogP) is 5.10. The molecule has 2 aromatic heterocycles. The minimum absolute atomic E-state index is 0.124. The van der Waals surface area contributed by atoms with Gasteiger partial charge in [0.25, 0.3) is 0 Å². The fourth-order valence-electron chi connectivity index (χ4n) is 3.68. The molecule has 0 amide bonds. The normalized spacial score (nSPS) is 18.7. The van der Waals surface area contributed by atoms with E-state index in [1.807, 2.05) is 47.1 Å². The average Bonchev–Trinajstić information content (AvgIpc) is 3.10. The van der Waals surface area contributed by atoms with Crippen LogP contribution in [0, 0.1) is 17.3 Å². The Morgan fingerprint density at radius 3 is 2.59 bits per heavy atom. The second-order valence-corrected chi connectivity index (χ2v) is 10.7. The van der Waals surface area contributed by atoms with Crippen molar-refractivity contribution in [3.8, 4) is 17.6 Å². The zero-order valence-corrected chi connectivity index (χ0v) is 20.4. The molecule has 1 saturated carbocycles. The first kappa shape index (κ1) is 24.1. The quantitative estimate of drug-likeness (QED) is 0.566. The van der Waals surface area contributed by atoms with Crippen molar-refractivity contribution in [3.63, 3.8) is 0 Å². The summed E-state index contributed by atoms with van der Waals surface area (Å²) < 4.78 is 6.19. The molecule has 0 aliphatic heterocycles. The van der Waals surface area contributed by atoms with Crippen LogP contribution in [-0.2, 0) is 6.54 Å². The van der Waals surface area contributed by atoms with E-state index in [0.29, 0.717) is 10.6 Å². The maximum absolute atomic E-state index is 11.7. The van der Waals surface area contributed by atoms with Crippen LogP contribution in [0.2, 0.25) is 0 Å². The van der Waals surface area contributed by atoms with Crippen LogP contribution in [0.4, 0.5) is 5.69 Å².